The predicted molar refractivity (Wildman–Crippen MR) is 90.7 cm³/mol. The highest BCUT2D eigenvalue weighted by Gasteiger charge is 2.71. The molecule has 3 unspecified atom stereocenters. The Morgan fingerprint density at radius 1 is 0.870 bits per heavy atom. The molecule has 5 rings (SSSR count). The average Bonchev–Trinajstić information content (AvgIpc) is 2.82. The summed E-state index contributed by atoms with van der Waals surface area (Å²) in [5, 5.41) is 0. The topological polar surface area (TPSA) is 0 Å². The lowest BCUT2D eigenvalue weighted by Gasteiger charge is -2.44. The third-order valence-electron chi connectivity index (χ3n) is 9.56. The van der Waals surface area contributed by atoms with Crippen LogP contribution in [0, 0.1) is 22.2 Å². The highest BCUT2D eigenvalue weighted by atomic mass is 19.2. The van der Waals surface area contributed by atoms with Gasteiger partial charge >= 0.3 is 0 Å². The summed E-state index contributed by atoms with van der Waals surface area (Å²) in [7, 11) is 0. The van der Waals surface area contributed by atoms with Gasteiger partial charge in [0.25, 0.3) is 0 Å². The molecule has 5 aliphatic carbocycles. The first kappa shape index (κ1) is 15.8. The molecule has 2 saturated carbocycles. The SMILES string of the molecule is CC1=C(CC2CC3(C)C(C)=C(C)C2(C)C3(C)C)C2(F)CC1(F)C2. The van der Waals surface area contributed by atoms with Crippen LogP contribution in [0.5, 0.6) is 0 Å². The highest BCUT2D eigenvalue weighted by molar-refractivity contribution is 5.49. The number of halogens is 2. The van der Waals surface area contributed by atoms with Gasteiger partial charge in [0.05, 0.1) is 0 Å². The van der Waals surface area contributed by atoms with Gasteiger partial charge in [-0.1, -0.05) is 38.8 Å². The zero-order chi connectivity index (χ0) is 17.2. The van der Waals surface area contributed by atoms with Crippen LogP contribution in [0.1, 0.15) is 74.1 Å². The molecule has 0 aromatic rings. The normalized spacial score (nSPS) is 53.3. The van der Waals surface area contributed by atoms with E-state index in [4.69, 9.17) is 0 Å². The van der Waals surface area contributed by atoms with E-state index in [-0.39, 0.29) is 29.1 Å². The van der Waals surface area contributed by atoms with Crippen molar-refractivity contribution in [1.29, 1.82) is 0 Å². The molecule has 0 amide bonds. The molecule has 23 heavy (non-hydrogen) atoms. The van der Waals surface area contributed by atoms with E-state index in [1.54, 1.807) is 0 Å². The smallest absolute Gasteiger partial charge is 0.139 e. The molecular formula is C21H30F2. The van der Waals surface area contributed by atoms with Gasteiger partial charge in [0.2, 0.25) is 0 Å². The van der Waals surface area contributed by atoms with Gasteiger partial charge in [0, 0.05) is 12.8 Å². The summed E-state index contributed by atoms with van der Waals surface area (Å²) in [6.45, 7) is 15.9. The summed E-state index contributed by atoms with van der Waals surface area (Å²) >= 11 is 0. The Morgan fingerprint density at radius 2 is 1.43 bits per heavy atom. The molecule has 3 atom stereocenters. The van der Waals surface area contributed by atoms with Crippen molar-refractivity contribution in [2.24, 2.45) is 22.2 Å². The van der Waals surface area contributed by atoms with Gasteiger partial charge in [-0.2, -0.15) is 0 Å². The molecule has 128 valence electrons. The predicted octanol–water partition coefficient (Wildman–Crippen LogP) is 6.33. The van der Waals surface area contributed by atoms with Gasteiger partial charge in [-0.05, 0) is 66.9 Å². The van der Waals surface area contributed by atoms with Crippen LogP contribution < -0.4 is 0 Å². The number of hydrogen-bond donors (Lipinski definition) is 0. The molecule has 2 fully saturated rings. The minimum absolute atomic E-state index is 0.0825. The van der Waals surface area contributed by atoms with Crippen LogP contribution in [-0.4, -0.2) is 11.3 Å². The van der Waals surface area contributed by atoms with Gasteiger partial charge in [-0.25, -0.2) is 8.78 Å². The molecular weight excluding hydrogens is 290 g/mol. The van der Waals surface area contributed by atoms with E-state index >= 15 is 4.39 Å². The fourth-order valence-corrected chi connectivity index (χ4v) is 7.02. The van der Waals surface area contributed by atoms with Crippen LogP contribution in [0.4, 0.5) is 8.78 Å². The summed E-state index contributed by atoms with van der Waals surface area (Å²) in [4.78, 5) is 0. The first-order chi connectivity index (χ1) is 10.3. The molecule has 0 aromatic carbocycles. The molecule has 0 aromatic heterocycles. The minimum Gasteiger partial charge on any atom is -0.239 e. The maximum atomic E-state index is 15.0. The van der Waals surface area contributed by atoms with Crippen molar-refractivity contribution < 1.29 is 8.78 Å². The molecule has 2 heteroatoms. The van der Waals surface area contributed by atoms with Crippen LogP contribution in [0.3, 0.4) is 0 Å². The van der Waals surface area contributed by atoms with Crippen LogP contribution in [-0.2, 0) is 0 Å². The molecule has 0 heterocycles. The summed E-state index contributed by atoms with van der Waals surface area (Å²) in [5.41, 5.74) is 2.32. The van der Waals surface area contributed by atoms with Crippen molar-refractivity contribution in [3.05, 3.63) is 22.3 Å². The van der Waals surface area contributed by atoms with Crippen molar-refractivity contribution in [2.45, 2.75) is 85.5 Å². The van der Waals surface area contributed by atoms with Crippen LogP contribution in [0.25, 0.3) is 0 Å². The maximum absolute atomic E-state index is 15.0. The van der Waals surface area contributed by atoms with Crippen LogP contribution in [0.15, 0.2) is 22.3 Å². The van der Waals surface area contributed by atoms with Crippen molar-refractivity contribution in [2.75, 3.05) is 0 Å². The van der Waals surface area contributed by atoms with Crippen molar-refractivity contribution >= 4 is 0 Å². The molecule has 5 aliphatic rings. The molecule has 4 bridgehead atoms. The van der Waals surface area contributed by atoms with Gasteiger partial charge in [-0.15, -0.1) is 0 Å². The lowest BCUT2D eigenvalue weighted by atomic mass is 9.60. The monoisotopic (exact) mass is 320 g/mol. The Hall–Kier alpha value is -0.660. The summed E-state index contributed by atoms with van der Waals surface area (Å²) in [6.07, 6.45) is 2.01. The lowest BCUT2D eigenvalue weighted by molar-refractivity contribution is -0.0138. The Balaban J connectivity index is 1.74. The van der Waals surface area contributed by atoms with E-state index < -0.39 is 11.3 Å². The Morgan fingerprint density at radius 3 is 1.83 bits per heavy atom. The van der Waals surface area contributed by atoms with Crippen molar-refractivity contribution in [3.8, 4) is 0 Å². The zero-order valence-electron chi connectivity index (χ0n) is 15.7. The van der Waals surface area contributed by atoms with Crippen LogP contribution >= 0.6 is 0 Å². The fraction of sp³-hybridized carbons (Fsp3) is 0.810. The molecule has 0 radical (unpaired) electrons. The average molecular weight is 320 g/mol. The van der Waals surface area contributed by atoms with E-state index in [1.165, 1.54) is 11.1 Å². The summed E-state index contributed by atoms with van der Waals surface area (Å²) in [6, 6.07) is 0. The molecule has 0 aliphatic heterocycles. The van der Waals surface area contributed by atoms with Crippen molar-refractivity contribution in [1.82, 2.24) is 0 Å². The van der Waals surface area contributed by atoms with Gasteiger partial charge in [0.1, 0.15) is 11.3 Å². The first-order valence-electron chi connectivity index (χ1n) is 9.10. The molecule has 0 saturated heterocycles. The van der Waals surface area contributed by atoms with Gasteiger partial charge < -0.3 is 0 Å². The zero-order valence-corrected chi connectivity index (χ0v) is 15.7. The van der Waals surface area contributed by atoms with Gasteiger partial charge in [0.15, 0.2) is 0 Å². The summed E-state index contributed by atoms with van der Waals surface area (Å²) < 4.78 is 29.6. The van der Waals surface area contributed by atoms with Crippen LogP contribution in [0.2, 0.25) is 0 Å². The van der Waals surface area contributed by atoms with Crippen molar-refractivity contribution in [3.63, 3.8) is 0 Å². The van der Waals surface area contributed by atoms with E-state index in [0.29, 0.717) is 11.5 Å². The van der Waals surface area contributed by atoms with E-state index in [0.717, 1.165) is 18.4 Å². The Kier molecular flexibility index (Phi) is 2.60. The second-order valence-corrected chi connectivity index (χ2v) is 9.90. The third-order valence-corrected chi connectivity index (χ3v) is 9.56. The third kappa shape index (κ3) is 1.37. The number of fused-ring (bicyclic) bond motifs is 2. The number of rotatable bonds is 2. The second kappa shape index (κ2) is 3.78. The first-order valence-corrected chi connectivity index (χ1v) is 9.10. The number of allylic oxidation sites excluding steroid dienone is 4. The molecule has 0 N–H and O–H groups in total. The van der Waals surface area contributed by atoms with E-state index in [2.05, 4.69) is 41.5 Å². The van der Waals surface area contributed by atoms with Gasteiger partial charge in [-0.3, -0.25) is 0 Å². The Bertz CT molecular complexity index is 674. The quantitative estimate of drug-likeness (QED) is 0.522. The molecule has 0 spiro atoms. The maximum Gasteiger partial charge on any atom is 0.139 e. The number of alkyl halides is 2. The highest BCUT2D eigenvalue weighted by Crippen LogP contribution is 2.77. The Labute approximate surface area is 139 Å². The summed E-state index contributed by atoms with van der Waals surface area (Å²) in [5.74, 6) is 0.423. The van der Waals surface area contributed by atoms with E-state index in [9.17, 15) is 4.39 Å². The van der Waals surface area contributed by atoms with E-state index in [1.807, 2.05) is 6.92 Å². The second-order valence-electron chi connectivity index (χ2n) is 9.90. The largest absolute Gasteiger partial charge is 0.239 e. The minimum atomic E-state index is -1.34. The standard InChI is InChI=1S/C21H30F2/c1-12-13(2)19(7)15(9-18(12,6)17(19,4)5)8-16-14(3)20(22)10-21(16,23)11-20/h15H,8-11H2,1-7H3. The lowest BCUT2D eigenvalue weighted by Crippen LogP contribution is -2.45. The number of hydrogen-bond acceptors (Lipinski definition) is 0. The molecule has 0 nitrogen and oxygen atoms in total. The fourth-order valence-electron chi connectivity index (χ4n) is 7.02.